The molecule has 6 heteroatoms. The summed E-state index contributed by atoms with van der Waals surface area (Å²) in [6.07, 6.45) is 0.940. The Hall–Kier alpha value is -0.970. The summed E-state index contributed by atoms with van der Waals surface area (Å²) in [4.78, 5) is 5.29. The Kier molecular flexibility index (Phi) is 8.23. The number of rotatable bonds is 3. The van der Waals surface area contributed by atoms with Crippen LogP contribution in [0.2, 0.25) is 0 Å². The standard InChI is InChI=1S/C8H19N5.ClH/c1-6(2)4-5-13(7(9)10)8(11)12-3;/h6H,4-5H2,1-3H3,(H3,9,10)(H2,11,12);1H. The molecular formula is C8H20ClN5. The molecule has 0 heterocycles. The van der Waals surface area contributed by atoms with Gasteiger partial charge in [0.05, 0.1) is 0 Å². The van der Waals surface area contributed by atoms with E-state index in [-0.39, 0.29) is 18.4 Å². The smallest absolute Gasteiger partial charge is 0.197 e. The van der Waals surface area contributed by atoms with Gasteiger partial charge in [-0.25, -0.2) is 0 Å². The lowest BCUT2D eigenvalue weighted by Gasteiger charge is -2.21. The fourth-order valence-electron chi connectivity index (χ4n) is 0.866. The first-order chi connectivity index (χ1) is 5.99. The first-order valence-electron chi connectivity index (χ1n) is 4.32. The molecule has 5 nitrogen and oxygen atoms in total. The van der Waals surface area contributed by atoms with Gasteiger partial charge in [-0.15, -0.1) is 12.4 Å². The van der Waals surface area contributed by atoms with Crippen molar-refractivity contribution in [2.75, 3.05) is 13.6 Å². The van der Waals surface area contributed by atoms with Crippen molar-refractivity contribution in [3.05, 3.63) is 0 Å². The molecule has 0 aromatic carbocycles. The number of guanidine groups is 2. The summed E-state index contributed by atoms with van der Waals surface area (Å²) < 4.78 is 0. The van der Waals surface area contributed by atoms with Gasteiger partial charge >= 0.3 is 0 Å². The van der Waals surface area contributed by atoms with Gasteiger partial charge in [0.1, 0.15) is 0 Å². The normalized spacial score (nSPS) is 11.0. The van der Waals surface area contributed by atoms with Crippen molar-refractivity contribution in [1.29, 1.82) is 5.41 Å². The molecule has 84 valence electrons. The second-order valence-electron chi connectivity index (χ2n) is 3.30. The van der Waals surface area contributed by atoms with Gasteiger partial charge in [0, 0.05) is 13.6 Å². The average molecular weight is 222 g/mol. The highest BCUT2D eigenvalue weighted by molar-refractivity contribution is 5.95. The molecule has 0 aromatic rings. The summed E-state index contributed by atoms with van der Waals surface area (Å²) >= 11 is 0. The lowest BCUT2D eigenvalue weighted by atomic mass is 10.1. The zero-order chi connectivity index (χ0) is 10.4. The minimum absolute atomic E-state index is 0. The van der Waals surface area contributed by atoms with Crippen molar-refractivity contribution in [2.45, 2.75) is 20.3 Å². The monoisotopic (exact) mass is 221 g/mol. The number of halogens is 1. The van der Waals surface area contributed by atoms with E-state index in [0.29, 0.717) is 18.4 Å². The number of nitrogens with zero attached hydrogens (tertiary/aromatic N) is 2. The van der Waals surface area contributed by atoms with Gasteiger partial charge < -0.3 is 11.5 Å². The minimum atomic E-state index is -0.0521. The molecule has 14 heavy (non-hydrogen) atoms. The Labute approximate surface area is 91.5 Å². The molecule has 5 N–H and O–H groups in total. The average Bonchev–Trinajstić information content (AvgIpc) is 2.03. The van der Waals surface area contributed by atoms with Crippen LogP contribution in [0.5, 0.6) is 0 Å². The topological polar surface area (TPSA) is 91.5 Å². The number of nitrogens with two attached hydrogens (primary N) is 2. The van der Waals surface area contributed by atoms with E-state index in [9.17, 15) is 0 Å². The predicted molar refractivity (Wildman–Crippen MR) is 62.9 cm³/mol. The molecule has 0 spiro atoms. The van der Waals surface area contributed by atoms with Crippen molar-refractivity contribution < 1.29 is 0 Å². The van der Waals surface area contributed by atoms with Crippen LogP contribution in [-0.2, 0) is 0 Å². The maximum absolute atomic E-state index is 7.27. The van der Waals surface area contributed by atoms with Crippen LogP contribution in [0, 0.1) is 11.3 Å². The maximum atomic E-state index is 7.27. The molecule has 0 amide bonds. The van der Waals surface area contributed by atoms with Crippen LogP contribution >= 0.6 is 12.4 Å². The molecule has 0 aromatic heterocycles. The van der Waals surface area contributed by atoms with Crippen LogP contribution in [0.15, 0.2) is 4.99 Å². The summed E-state index contributed by atoms with van der Waals surface area (Å²) in [5.74, 6) is 0.809. The summed E-state index contributed by atoms with van der Waals surface area (Å²) in [6, 6.07) is 0. The molecule has 0 saturated heterocycles. The highest BCUT2D eigenvalue weighted by Crippen LogP contribution is 2.01. The highest BCUT2D eigenvalue weighted by atomic mass is 35.5. The second kappa shape index (κ2) is 7.44. The first kappa shape index (κ1) is 15.5. The fourth-order valence-corrected chi connectivity index (χ4v) is 0.866. The van der Waals surface area contributed by atoms with Crippen molar-refractivity contribution in [3.8, 4) is 0 Å². The van der Waals surface area contributed by atoms with Crippen LogP contribution in [0.25, 0.3) is 0 Å². The third-order valence-electron chi connectivity index (χ3n) is 1.73. The summed E-state index contributed by atoms with van der Waals surface area (Å²) in [7, 11) is 1.58. The number of aliphatic imine (C=N–C) groups is 1. The molecule has 0 bridgehead atoms. The van der Waals surface area contributed by atoms with E-state index in [0.717, 1.165) is 6.42 Å². The van der Waals surface area contributed by atoms with E-state index < -0.39 is 0 Å². The van der Waals surface area contributed by atoms with Gasteiger partial charge in [-0.2, -0.15) is 0 Å². The van der Waals surface area contributed by atoms with E-state index in [1.54, 1.807) is 7.05 Å². The van der Waals surface area contributed by atoms with Crippen LogP contribution in [0.4, 0.5) is 0 Å². The molecule has 0 aliphatic rings. The lowest BCUT2D eigenvalue weighted by Crippen LogP contribution is -2.46. The maximum Gasteiger partial charge on any atom is 0.197 e. The molecule has 0 radical (unpaired) electrons. The van der Waals surface area contributed by atoms with Crippen molar-refractivity contribution >= 4 is 24.3 Å². The molecule has 0 saturated carbocycles. The largest absolute Gasteiger partial charge is 0.370 e. The molecular weight excluding hydrogens is 202 g/mol. The Morgan fingerprint density at radius 2 is 1.93 bits per heavy atom. The van der Waals surface area contributed by atoms with Gasteiger partial charge in [0.15, 0.2) is 11.9 Å². The van der Waals surface area contributed by atoms with Crippen molar-refractivity contribution in [2.24, 2.45) is 22.4 Å². The lowest BCUT2D eigenvalue weighted by molar-refractivity contribution is 0.484. The highest BCUT2D eigenvalue weighted by Gasteiger charge is 2.10. The first-order valence-corrected chi connectivity index (χ1v) is 4.32. The summed E-state index contributed by atoms with van der Waals surface area (Å²) in [5.41, 5.74) is 10.9. The van der Waals surface area contributed by atoms with Gasteiger partial charge in [-0.1, -0.05) is 13.8 Å². The van der Waals surface area contributed by atoms with E-state index >= 15 is 0 Å². The third kappa shape index (κ3) is 5.64. The zero-order valence-corrected chi connectivity index (χ0v) is 9.77. The van der Waals surface area contributed by atoms with Crippen molar-refractivity contribution in [3.63, 3.8) is 0 Å². The van der Waals surface area contributed by atoms with Gasteiger partial charge in [-0.05, 0) is 12.3 Å². The van der Waals surface area contributed by atoms with Crippen LogP contribution in [0.3, 0.4) is 0 Å². The molecule has 0 unspecified atom stereocenters. The van der Waals surface area contributed by atoms with Crippen LogP contribution in [0.1, 0.15) is 20.3 Å². The van der Waals surface area contributed by atoms with Gasteiger partial charge in [-0.3, -0.25) is 15.3 Å². The molecule has 0 rings (SSSR count). The second-order valence-corrected chi connectivity index (χ2v) is 3.30. The van der Waals surface area contributed by atoms with E-state index in [4.69, 9.17) is 16.9 Å². The van der Waals surface area contributed by atoms with Crippen LogP contribution in [-0.4, -0.2) is 30.4 Å². The number of hydrogen-bond donors (Lipinski definition) is 3. The quantitative estimate of drug-likeness (QED) is 0.481. The predicted octanol–water partition coefficient (Wildman–Crippen LogP) is 0.594. The van der Waals surface area contributed by atoms with E-state index in [1.807, 2.05) is 0 Å². The Morgan fingerprint density at radius 1 is 1.43 bits per heavy atom. The Bertz CT molecular complexity index is 202. The Balaban J connectivity index is 0. The molecule has 0 aliphatic carbocycles. The zero-order valence-electron chi connectivity index (χ0n) is 8.95. The van der Waals surface area contributed by atoms with Crippen molar-refractivity contribution in [1.82, 2.24) is 4.90 Å². The molecule has 0 fully saturated rings. The van der Waals surface area contributed by atoms with E-state index in [2.05, 4.69) is 18.8 Å². The SMILES string of the molecule is CN=C(N)N(CCC(C)C)C(=N)N.Cl. The molecule has 0 aliphatic heterocycles. The molecule has 0 atom stereocenters. The number of nitrogens with one attached hydrogen (secondary N) is 1. The van der Waals surface area contributed by atoms with Gasteiger partial charge in [0.2, 0.25) is 0 Å². The fraction of sp³-hybridized carbons (Fsp3) is 0.750. The summed E-state index contributed by atoms with van der Waals surface area (Å²) in [6.45, 7) is 4.87. The summed E-state index contributed by atoms with van der Waals surface area (Å²) in [5, 5.41) is 7.27. The third-order valence-corrected chi connectivity index (χ3v) is 1.73. The number of hydrogen-bond acceptors (Lipinski definition) is 2. The van der Waals surface area contributed by atoms with Gasteiger partial charge in [0.25, 0.3) is 0 Å². The Morgan fingerprint density at radius 3 is 2.21 bits per heavy atom. The minimum Gasteiger partial charge on any atom is -0.370 e. The van der Waals surface area contributed by atoms with E-state index in [1.165, 1.54) is 4.90 Å². The van der Waals surface area contributed by atoms with Crippen LogP contribution < -0.4 is 11.5 Å².